The quantitative estimate of drug-likeness (QED) is 0.430. The van der Waals surface area contributed by atoms with E-state index >= 15 is 0 Å². The number of nitriles is 1. The average Bonchev–Trinajstić information content (AvgIpc) is 2.50. The topological polar surface area (TPSA) is 65.2 Å². The second-order valence-corrected chi connectivity index (χ2v) is 5.95. The zero-order valence-corrected chi connectivity index (χ0v) is 14.3. The molecular formula is C15H7Cl4N3O. The van der Waals surface area contributed by atoms with E-state index in [0.29, 0.717) is 10.0 Å². The molecule has 0 fully saturated rings. The second-order valence-electron chi connectivity index (χ2n) is 4.26. The Labute approximate surface area is 152 Å². The van der Waals surface area contributed by atoms with Crippen LogP contribution in [0.5, 0.6) is 0 Å². The summed E-state index contributed by atoms with van der Waals surface area (Å²) in [5, 5.41) is 14.1. The van der Waals surface area contributed by atoms with Gasteiger partial charge in [0.1, 0.15) is 6.07 Å². The Bertz CT molecular complexity index is 803. The van der Waals surface area contributed by atoms with Crippen molar-refractivity contribution in [2.24, 2.45) is 5.10 Å². The summed E-state index contributed by atoms with van der Waals surface area (Å²) in [5.41, 5.74) is 2.69. The molecule has 0 heterocycles. The Morgan fingerprint density at radius 3 is 2.09 bits per heavy atom. The summed E-state index contributed by atoms with van der Waals surface area (Å²) >= 11 is 23.5. The van der Waals surface area contributed by atoms with Crippen molar-refractivity contribution in [3.8, 4) is 6.07 Å². The predicted octanol–water partition coefficient (Wildman–Crippen LogP) is 5.47. The van der Waals surface area contributed by atoms with E-state index in [1.807, 2.05) is 0 Å². The molecule has 0 saturated heterocycles. The van der Waals surface area contributed by atoms with Crippen molar-refractivity contribution < 1.29 is 4.79 Å². The van der Waals surface area contributed by atoms with Crippen molar-refractivity contribution in [3.63, 3.8) is 0 Å². The second kappa shape index (κ2) is 7.67. The highest BCUT2D eigenvalue weighted by atomic mass is 35.5. The third kappa shape index (κ3) is 4.37. The largest absolute Gasteiger partial charge is 0.286 e. The number of carbonyl (C=O) groups excluding carboxylic acids is 1. The molecule has 2 aromatic rings. The molecule has 23 heavy (non-hydrogen) atoms. The standard InChI is InChI=1S/C15H7Cl4N3O/c16-9-3-1-8(2-4-9)15(23)13(7-20)21-22-14-11(18)5-10(17)6-12(14)19/h1-6,22H/b21-13+. The number of hydrazone groups is 1. The van der Waals surface area contributed by atoms with E-state index in [1.54, 1.807) is 18.2 Å². The molecule has 8 heteroatoms. The Hall–Kier alpha value is -1.77. The number of carbonyl (C=O) groups is 1. The molecule has 2 aromatic carbocycles. The normalized spacial score (nSPS) is 11.0. The molecule has 116 valence electrons. The van der Waals surface area contributed by atoms with Crippen LogP contribution in [0.25, 0.3) is 0 Å². The SMILES string of the molecule is N#C/C(=N\Nc1c(Cl)cc(Cl)cc1Cl)C(=O)c1ccc(Cl)cc1. The van der Waals surface area contributed by atoms with E-state index < -0.39 is 5.78 Å². The molecule has 0 unspecified atom stereocenters. The van der Waals surface area contributed by atoms with Crippen molar-refractivity contribution in [1.29, 1.82) is 5.26 Å². The van der Waals surface area contributed by atoms with Crippen molar-refractivity contribution >= 4 is 63.6 Å². The summed E-state index contributed by atoms with van der Waals surface area (Å²) in [4.78, 5) is 12.2. The highest BCUT2D eigenvalue weighted by Crippen LogP contribution is 2.33. The van der Waals surface area contributed by atoms with Gasteiger partial charge < -0.3 is 0 Å². The number of nitrogens with one attached hydrogen (secondary N) is 1. The van der Waals surface area contributed by atoms with Crippen LogP contribution in [-0.4, -0.2) is 11.5 Å². The molecule has 0 spiro atoms. The number of Topliss-reactive ketones (excluding diaryl/α,β-unsaturated/α-hetero) is 1. The summed E-state index contributed by atoms with van der Waals surface area (Å²) in [6.07, 6.45) is 0. The highest BCUT2D eigenvalue weighted by molar-refractivity contribution is 6.51. The first kappa shape index (κ1) is 17.6. The minimum Gasteiger partial charge on any atom is -0.286 e. The number of benzene rings is 2. The highest BCUT2D eigenvalue weighted by Gasteiger charge is 2.15. The molecule has 0 aliphatic heterocycles. The average molecular weight is 387 g/mol. The fourth-order valence-corrected chi connectivity index (χ4v) is 2.65. The van der Waals surface area contributed by atoms with Gasteiger partial charge in [-0.15, -0.1) is 0 Å². The van der Waals surface area contributed by atoms with E-state index in [1.165, 1.54) is 24.3 Å². The molecule has 2 rings (SSSR count). The first-order chi connectivity index (χ1) is 10.9. The fourth-order valence-electron chi connectivity index (χ4n) is 1.63. The maximum atomic E-state index is 12.2. The lowest BCUT2D eigenvalue weighted by molar-refractivity contribution is 0.106. The Balaban J connectivity index is 2.28. The molecule has 4 nitrogen and oxygen atoms in total. The third-order valence-corrected chi connectivity index (χ3v) is 3.78. The van der Waals surface area contributed by atoms with E-state index in [2.05, 4.69) is 10.5 Å². The molecule has 0 saturated carbocycles. The van der Waals surface area contributed by atoms with Crippen LogP contribution in [0.3, 0.4) is 0 Å². The van der Waals surface area contributed by atoms with Crippen molar-refractivity contribution in [1.82, 2.24) is 0 Å². The van der Waals surface area contributed by atoms with Crippen molar-refractivity contribution in [2.45, 2.75) is 0 Å². The van der Waals surface area contributed by atoms with Crippen LogP contribution in [0, 0.1) is 11.3 Å². The summed E-state index contributed by atoms with van der Waals surface area (Å²) in [6.45, 7) is 0. The van der Waals surface area contributed by atoms with E-state index in [0.717, 1.165) is 0 Å². The first-order valence-corrected chi connectivity index (χ1v) is 7.62. The zero-order chi connectivity index (χ0) is 17.0. The fraction of sp³-hybridized carbons (Fsp3) is 0. The van der Waals surface area contributed by atoms with Gasteiger partial charge in [0.15, 0.2) is 0 Å². The van der Waals surface area contributed by atoms with Crippen LogP contribution >= 0.6 is 46.4 Å². The summed E-state index contributed by atoms with van der Waals surface area (Å²) < 4.78 is 0. The molecular weight excluding hydrogens is 380 g/mol. The maximum Gasteiger partial charge on any atom is 0.223 e. The summed E-state index contributed by atoms with van der Waals surface area (Å²) in [5.74, 6) is -0.558. The zero-order valence-electron chi connectivity index (χ0n) is 11.3. The van der Waals surface area contributed by atoms with Gasteiger partial charge in [-0.05, 0) is 36.4 Å². The van der Waals surface area contributed by atoms with Gasteiger partial charge in [0.2, 0.25) is 11.5 Å². The molecule has 0 atom stereocenters. The molecule has 0 aromatic heterocycles. The number of nitrogens with zero attached hydrogens (tertiary/aromatic N) is 2. The van der Waals surface area contributed by atoms with Gasteiger partial charge in [-0.1, -0.05) is 46.4 Å². The number of anilines is 1. The lowest BCUT2D eigenvalue weighted by Gasteiger charge is -2.07. The lowest BCUT2D eigenvalue weighted by atomic mass is 10.1. The Morgan fingerprint density at radius 2 is 1.57 bits per heavy atom. The van der Waals surface area contributed by atoms with Crippen LogP contribution in [-0.2, 0) is 0 Å². The van der Waals surface area contributed by atoms with Gasteiger partial charge in [0.25, 0.3) is 0 Å². The molecule has 1 N–H and O–H groups in total. The number of rotatable bonds is 4. The molecule has 0 radical (unpaired) electrons. The van der Waals surface area contributed by atoms with Gasteiger partial charge in [-0.3, -0.25) is 10.2 Å². The molecule has 0 amide bonds. The number of hydrogen-bond donors (Lipinski definition) is 1. The minimum absolute atomic E-state index is 0.211. The van der Waals surface area contributed by atoms with Gasteiger partial charge >= 0.3 is 0 Å². The van der Waals surface area contributed by atoms with Crippen LogP contribution in [0.1, 0.15) is 10.4 Å². The number of hydrogen-bond acceptors (Lipinski definition) is 4. The summed E-state index contributed by atoms with van der Waals surface area (Å²) in [7, 11) is 0. The Morgan fingerprint density at radius 1 is 1.00 bits per heavy atom. The maximum absolute atomic E-state index is 12.2. The first-order valence-electron chi connectivity index (χ1n) is 6.11. The van der Waals surface area contributed by atoms with Gasteiger partial charge in [-0.2, -0.15) is 10.4 Å². The number of ketones is 1. The predicted molar refractivity (Wildman–Crippen MR) is 93.9 cm³/mol. The molecule has 0 bridgehead atoms. The smallest absolute Gasteiger partial charge is 0.223 e. The monoisotopic (exact) mass is 385 g/mol. The van der Waals surface area contributed by atoms with Crippen LogP contribution in [0.2, 0.25) is 20.1 Å². The van der Waals surface area contributed by atoms with Gasteiger partial charge in [0, 0.05) is 15.6 Å². The third-order valence-electron chi connectivity index (χ3n) is 2.71. The van der Waals surface area contributed by atoms with Crippen molar-refractivity contribution in [3.05, 3.63) is 62.1 Å². The van der Waals surface area contributed by atoms with Crippen LogP contribution in [0.15, 0.2) is 41.5 Å². The van der Waals surface area contributed by atoms with Gasteiger partial charge in [-0.25, -0.2) is 0 Å². The molecule has 0 aliphatic rings. The Kier molecular flexibility index (Phi) is 5.86. The van der Waals surface area contributed by atoms with E-state index in [4.69, 9.17) is 51.7 Å². The molecule has 0 aliphatic carbocycles. The lowest BCUT2D eigenvalue weighted by Crippen LogP contribution is -2.14. The van der Waals surface area contributed by atoms with Gasteiger partial charge in [0.05, 0.1) is 15.7 Å². The van der Waals surface area contributed by atoms with Crippen molar-refractivity contribution in [2.75, 3.05) is 5.43 Å². The minimum atomic E-state index is -0.558. The number of halogens is 4. The van der Waals surface area contributed by atoms with E-state index in [9.17, 15) is 4.79 Å². The van der Waals surface area contributed by atoms with Crippen LogP contribution in [0.4, 0.5) is 5.69 Å². The van der Waals surface area contributed by atoms with E-state index in [-0.39, 0.29) is 27.0 Å². The van der Waals surface area contributed by atoms with Crippen LogP contribution < -0.4 is 5.43 Å². The summed E-state index contributed by atoms with van der Waals surface area (Å²) in [6, 6.07) is 10.7.